The van der Waals surface area contributed by atoms with Crippen molar-refractivity contribution in [3.8, 4) is 17.6 Å². The van der Waals surface area contributed by atoms with Gasteiger partial charge in [0.2, 0.25) is 0 Å². The van der Waals surface area contributed by atoms with E-state index in [9.17, 15) is 4.79 Å². The van der Waals surface area contributed by atoms with Crippen LogP contribution >= 0.6 is 0 Å². The zero-order chi connectivity index (χ0) is 18.8. The van der Waals surface area contributed by atoms with Crippen molar-refractivity contribution >= 4 is 5.91 Å². The van der Waals surface area contributed by atoms with Gasteiger partial charge in [0.25, 0.3) is 5.91 Å². The lowest BCUT2D eigenvalue weighted by molar-refractivity contribution is 0.0746. The van der Waals surface area contributed by atoms with Crippen molar-refractivity contribution in [3.05, 3.63) is 53.9 Å². The zero-order valence-electron chi connectivity index (χ0n) is 15.1. The van der Waals surface area contributed by atoms with E-state index >= 15 is 0 Å². The first kappa shape index (κ1) is 19.3. The number of nitrogens with zero attached hydrogens (tertiary/aromatic N) is 3. The minimum absolute atomic E-state index is 0.159. The average Bonchev–Trinajstić information content (AvgIpc) is 2.67. The second-order valence-electron chi connectivity index (χ2n) is 5.52. The van der Waals surface area contributed by atoms with Gasteiger partial charge in [0.1, 0.15) is 0 Å². The third-order valence-corrected chi connectivity index (χ3v) is 3.67. The number of ether oxygens (including phenoxy) is 2. The number of rotatable bonds is 9. The Kier molecular flexibility index (Phi) is 7.44. The van der Waals surface area contributed by atoms with Gasteiger partial charge in [0.05, 0.1) is 25.7 Å². The first-order valence-electron chi connectivity index (χ1n) is 8.64. The van der Waals surface area contributed by atoms with Crippen LogP contribution in [0.25, 0.3) is 0 Å². The summed E-state index contributed by atoms with van der Waals surface area (Å²) in [4.78, 5) is 18.7. The van der Waals surface area contributed by atoms with Crippen LogP contribution in [0.15, 0.2) is 42.7 Å². The molecule has 0 unspecified atom stereocenters. The molecular weight excluding hydrogens is 330 g/mol. The van der Waals surface area contributed by atoms with Gasteiger partial charge in [-0.05, 0) is 43.7 Å². The van der Waals surface area contributed by atoms with Crippen molar-refractivity contribution in [1.29, 1.82) is 5.26 Å². The van der Waals surface area contributed by atoms with Crippen molar-refractivity contribution in [2.45, 2.75) is 26.8 Å². The Morgan fingerprint density at radius 3 is 2.62 bits per heavy atom. The second-order valence-corrected chi connectivity index (χ2v) is 5.52. The highest BCUT2D eigenvalue weighted by Crippen LogP contribution is 2.29. The summed E-state index contributed by atoms with van der Waals surface area (Å²) < 4.78 is 11.1. The number of pyridine rings is 1. The number of benzene rings is 1. The van der Waals surface area contributed by atoms with Crippen molar-refractivity contribution in [2.24, 2.45) is 0 Å². The number of hydrogen-bond acceptors (Lipinski definition) is 5. The van der Waals surface area contributed by atoms with Crippen LogP contribution in [0.3, 0.4) is 0 Å². The van der Waals surface area contributed by atoms with Crippen LogP contribution < -0.4 is 9.47 Å². The molecule has 0 bridgehead atoms. The van der Waals surface area contributed by atoms with Crippen LogP contribution in [0.4, 0.5) is 0 Å². The topological polar surface area (TPSA) is 75.5 Å². The lowest BCUT2D eigenvalue weighted by Crippen LogP contribution is -2.31. The zero-order valence-corrected chi connectivity index (χ0v) is 15.1. The summed E-state index contributed by atoms with van der Waals surface area (Å²) in [6, 6.07) is 11.0. The maximum atomic E-state index is 13.0. The summed E-state index contributed by atoms with van der Waals surface area (Å²) in [6.45, 7) is 5.51. The minimum Gasteiger partial charge on any atom is -0.490 e. The predicted molar refractivity (Wildman–Crippen MR) is 98.0 cm³/mol. The molecule has 6 heteroatoms. The molecule has 6 nitrogen and oxygen atoms in total. The van der Waals surface area contributed by atoms with Gasteiger partial charge in [-0.1, -0.05) is 6.07 Å². The summed E-state index contributed by atoms with van der Waals surface area (Å²) in [5.41, 5.74) is 1.41. The van der Waals surface area contributed by atoms with Crippen molar-refractivity contribution < 1.29 is 14.3 Å². The Balaban J connectivity index is 2.26. The summed E-state index contributed by atoms with van der Waals surface area (Å²) in [5, 5.41) is 8.91. The van der Waals surface area contributed by atoms with E-state index in [2.05, 4.69) is 11.1 Å². The average molecular weight is 353 g/mol. The van der Waals surface area contributed by atoms with E-state index in [1.807, 2.05) is 26.0 Å². The maximum absolute atomic E-state index is 13.0. The van der Waals surface area contributed by atoms with Crippen LogP contribution in [-0.2, 0) is 6.54 Å². The molecule has 2 rings (SSSR count). The normalized spacial score (nSPS) is 10.0. The Morgan fingerprint density at radius 1 is 1.19 bits per heavy atom. The highest BCUT2D eigenvalue weighted by atomic mass is 16.5. The van der Waals surface area contributed by atoms with Crippen LogP contribution in [0.5, 0.6) is 11.5 Å². The van der Waals surface area contributed by atoms with Crippen molar-refractivity contribution in [2.75, 3.05) is 19.8 Å². The smallest absolute Gasteiger partial charge is 0.254 e. The van der Waals surface area contributed by atoms with Gasteiger partial charge < -0.3 is 14.4 Å². The number of carbonyl (C=O) groups is 1. The fourth-order valence-electron chi connectivity index (χ4n) is 2.52. The molecule has 0 aliphatic carbocycles. The highest BCUT2D eigenvalue weighted by Gasteiger charge is 2.18. The molecule has 0 fully saturated rings. The highest BCUT2D eigenvalue weighted by molar-refractivity contribution is 5.95. The molecule has 0 aliphatic rings. The molecule has 0 N–H and O–H groups in total. The third kappa shape index (κ3) is 5.21. The van der Waals surface area contributed by atoms with Crippen LogP contribution in [0.2, 0.25) is 0 Å². The Hall–Kier alpha value is -3.07. The molecular formula is C20H23N3O3. The largest absolute Gasteiger partial charge is 0.490 e. The molecule has 1 aromatic carbocycles. The van der Waals surface area contributed by atoms with E-state index in [0.29, 0.717) is 43.4 Å². The molecule has 1 aromatic heterocycles. The number of hydrogen-bond donors (Lipinski definition) is 0. The molecule has 26 heavy (non-hydrogen) atoms. The molecule has 0 atom stereocenters. The standard InChI is InChI=1S/C20H23N3O3/c1-3-25-18-9-8-17(13-19(18)26-4-2)20(24)23(12-6-10-21)15-16-7-5-11-22-14-16/h5,7-9,11,13-14H,3-4,6,12,15H2,1-2H3. The van der Waals surface area contributed by atoms with Crippen LogP contribution in [-0.4, -0.2) is 35.5 Å². The molecule has 1 amide bonds. The monoisotopic (exact) mass is 353 g/mol. The predicted octanol–water partition coefficient (Wildman–Crippen LogP) is 3.44. The summed E-state index contributed by atoms with van der Waals surface area (Å²) >= 11 is 0. The van der Waals surface area contributed by atoms with Gasteiger partial charge in [-0.3, -0.25) is 9.78 Å². The maximum Gasteiger partial charge on any atom is 0.254 e. The quantitative estimate of drug-likeness (QED) is 0.690. The van der Waals surface area contributed by atoms with Crippen molar-refractivity contribution in [3.63, 3.8) is 0 Å². The van der Waals surface area contributed by atoms with E-state index in [1.54, 1.807) is 35.5 Å². The lowest BCUT2D eigenvalue weighted by Gasteiger charge is -2.22. The van der Waals surface area contributed by atoms with Gasteiger partial charge >= 0.3 is 0 Å². The van der Waals surface area contributed by atoms with E-state index < -0.39 is 0 Å². The van der Waals surface area contributed by atoms with Gasteiger partial charge in [-0.25, -0.2) is 0 Å². The Morgan fingerprint density at radius 2 is 1.96 bits per heavy atom. The van der Waals surface area contributed by atoms with E-state index in [1.165, 1.54) is 0 Å². The summed E-state index contributed by atoms with van der Waals surface area (Å²) in [7, 11) is 0. The van der Waals surface area contributed by atoms with Crippen LogP contribution in [0, 0.1) is 11.3 Å². The van der Waals surface area contributed by atoms with Crippen LogP contribution in [0.1, 0.15) is 36.2 Å². The van der Waals surface area contributed by atoms with E-state index in [0.717, 1.165) is 5.56 Å². The number of carbonyl (C=O) groups excluding carboxylic acids is 1. The Bertz CT molecular complexity index is 757. The molecule has 0 saturated carbocycles. The fourth-order valence-corrected chi connectivity index (χ4v) is 2.52. The first-order valence-corrected chi connectivity index (χ1v) is 8.64. The lowest BCUT2D eigenvalue weighted by atomic mass is 10.1. The van der Waals surface area contributed by atoms with Gasteiger partial charge in [-0.2, -0.15) is 5.26 Å². The third-order valence-electron chi connectivity index (χ3n) is 3.67. The molecule has 136 valence electrons. The summed E-state index contributed by atoms with van der Waals surface area (Å²) in [5.74, 6) is 0.997. The van der Waals surface area contributed by atoms with Gasteiger partial charge in [0, 0.05) is 31.0 Å². The SMILES string of the molecule is CCOc1ccc(C(=O)N(CCC#N)Cc2cccnc2)cc1OCC. The van der Waals surface area contributed by atoms with Crippen molar-refractivity contribution in [1.82, 2.24) is 9.88 Å². The first-order chi connectivity index (χ1) is 12.7. The molecule has 0 spiro atoms. The second kappa shape index (κ2) is 10.0. The summed E-state index contributed by atoms with van der Waals surface area (Å²) in [6.07, 6.45) is 3.67. The molecule has 0 aliphatic heterocycles. The van der Waals surface area contributed by atoms with Gasteiger partial charge in [0.15, 0.2) is 11.5 Å². The number of amides is 1. The van der Waals surface area contributed by atoms with E-state index in [4.69, 9.17) is 14.7 Å². The minimum atomic E-state index is -0.159. The fraction of sp³-hybridized carbons (Fsp3) is 0.350. The Labute approximate surface area is 154 Å². The number of aromatic nitrogens is 1. The van der Waals surface area contributed by atoms with Gasteiger partial charge in [-0.15, -0.1) is 0 Å². The number of nitriles is 1. The molecule has 2 aromatic rings. The molecule has 0 saturated heterocycles. The van der Waals surface area contributed by atoms with E-state index in [-0.39, 0.29) is 12.3 Å². The molecule has 0 radical (unpaired) electrons. The molecule has 1 heterocycles.